The van der Waals surface area contributed by atoms with Crippen molar-refractivity contribution in [3.63, 3.8) is 0 Å². The van der Waals surface area contributed by atoms with Gasteiger partial charge in [0.05, 0.1) is 7.11 Å². The quantitative estimate of drug-likeness (QED) is 0.651. The number of hydrogen-bond acceptors (Lipinski definition) is 6. The van der Waals surface area contributed by atoms with Crippen molar-refractivity contribution >= 4 is 45.2 Å². The summed E-state index contributed by atoms with van der Waals surface area (Å²) in [6, 6.07) is 1.69. The van der Waals surface area contributed by atoms with Crippen molar-refractivity contribution in [3.05, 3.63) is 27.3 Å². The third-order valence-corrected chi connectivity index (χ3v) is 3.40. The Labute approximate surface area is 119 Å². The van der Waals surface area contributed by atoms with E-state index >= 15 is 0 Å². The van der Waals surface area contributed by atoms with Crippen LogP contribution in [-0.4, -0.2) is 27.4 Å². The number of nitrogens with zero attached hydrogens (tertiary/aromatic N) is 3. The molecular weight excluding hydrogens is 374 g/mol. The molecular formula is C9H6FIN4O2S. The second-order valence-corrected chi connectivity index (χ2v) is 4.91. The molecule has 94 valence electrons. The monoisotopic (exact) mass is 380 g/mol. The molecule has 0 aliphatic carbocycles. The van der Waals surface area contributed by atoms with Crippen molar-refractivity contribution in [1.82, 2.24) is 14.3 Å². The van der Waals surface area contributed by atoms with Crippen LogP contribution in [0.4, 0.5) is 9.52 Å². The van der Waals surface area contributed by atoms with Crippen molar-refractivity contribution in [3.8, 4) is 6.01 Å². The molecule has 0 unspecified atom stereocenters. The maximum absolute atomic E-state index is 13.4. The Morgan fingerprint density at radius 1 is 1.61 bits per heavy atom. The van der Waals surface area contributed by atoms with E-state index in [1.807, 2.05) is 22.6 Å². The molecule has 2 rings (SSSR count). The average molecular weight is 380 g/mol. The van der Waals surface area contributed by atoms with E-state index in [1.165, 1.54) is 13.3 Å². The molecule has 0 atom stereocenters. The maximum atomic E-state index is 13.4. The summed E-state index contributed by atoms with van der Waals surface area (Å²) in [6.07, 6.45) is 1.29. The lowest BCUT2D eigenvalue weighted by Gasteiger charge is -2.03. The van der Waals surface area contributed by atoms with Gasteiger partial charge in [-0.2, -0.15) is 9.37 Å². The summed E-state index contributed by atoms with van der Waals surface area (Å²) in [4.78, 5) is 19.2. The van der Waals surface area contributed by atoms with Crippen LogP contribution < -0.4 is 10.1 Å². The molecule has 1 amide bonds. The van der Waals surface area contributed by atoms with Gasteiger partial charge in [0, 0.05) is 21.3 Å². The molecule has 2 aromatic rings. The summed E-state index contributed by atoms with van der Waals surface area (Å²) in [5.41, 5.74) is -0.118. The molecule has 18 heavy (non-hydrogen) atoms. The lowest BCUT2D eigenvalue weighted by molar-refractivity contribution is 0.102. The van der Waals surface area contributed by atoms with E-state index in [0.717, 1.165) is 11.5 Å². The Hall–Kier alpha value is -1.36. The van der Waals surface area contributed by atoms with E-state index in [-0.39, 0.29) is 16.7 Å². The predicted molar refractivity (Wildman–Crippen MR) is 71.3 cm³/mol. The highest BCUT2D eigenvalue weighted by Crippen LogP contribution is 2.19. The largest absolute Gasteiger partial charge is 0.466 e. The van der Waals surface area contributed by atoms with E-state index in [4.69, 9.17) is 4.74 Å². The van der Waals surface area contributed by atoms with Gasteiger partial charge in [-0.05, 0) is 28.7 Å². The Bertz CT molecular complexity index is 571. The number of amides is 1. The molecule has 0 aliphatic heterocycles. The molecule has 0 bridgehead atoms. The number of hydrogen-bond donors (Lipinski definition) is 1. The number of carbonyl (C=O) groups is 1. The van der Waals surface area contributed by atoms with E-state index in [2.05, 4.69) is 19.7 Å². The van der Waals surface area contributed by atoms with Gasteiger partial charge in [0.15, 0.2) is 0 Å². The first kappa shape index (κ1) is 13.1. The maximum Gasteiger partial charge on any atom is 0.329 e. The minimum atomic E-state index is -0.823. The summed E-state index contributed by atoms with van der Waals surface area (Å²) in [7, 11) is 1.41. The van der Waals surface area contributed by atoms with Crippen molar-refractivity contribution in [2.75, 3.05) is 12.4 Å². The number of halogens is 2. The molecule has 0 saturated carbocycles. The second-order valence-electron chi connectivity index (χ2n) is 3.00. The zero-order chi connectivity index (χ0) is 13.1. The number of rotatable bonds is 3. The highest BCUT2D eigenvalue weighted by atomic mass is 127. The van der Waals surface area contributed by atoms with Gasteiger partial charge in [-0.3, -0.25) is 10.1 Å². The van der Waals surface area contributed by atoms with Gasteiger partial charge in [0.25, 0.3) is 5.91 Å². The summed E-state index contributed by atoms with van der Waals surface area (Å²) in [5.74, 6) is -1.44. The van der Waals surface area contributed by atoms with Crippen LogP contribution in [0.15, 0.2) is 12.3 Å². The van der Waals surface area contributed by atoms with Crippen LogP contribution in [0, 0.1) is 9.52 Å². The first-order chi connectivity index (χ1) is 8.61. The zero-order valence-corrected chi connectivity index (χ0v) is 12.0. The number of carbonyl (C=O) groups excluding carboxylic acids is 1. The van der Waals surface area contributed by atoms with E-state index in [0.29, 0.717) is 3.57 Å². The molecule has 9 heteroatoms. The second kappa shape index (κ2) is 5.52. The zero-order valence-electron chi connectivity index (χ0n) is 8.98. The third kappa shape index (κ3) is 2.72. The summed E-state index contributed by atoms with van der Waals surface area (Å²) >= 11 is 2.80. The Morgan fingerprint density at radius 3 is 3.00 bits per heavy atom. The smallest absolute Gasteiger partial charge is 0.329 e. The lowest BCUT2D eigenvalue weighted by Crippen LogP contribution is -2.16. The van der Waals surface area contributed by atoms with Crippen LogP contribution in [0.25, 0.3) is 0 Å². The Balaban J connectivity index is 2.22. The molecule has 0 aliphatic rings. The fourth-order valence-corrected chi connectivity index (χ4v) is 2.29. The molecule has 0 saturated heterocycles. The fraction of sp³-hybridized carbons (Fsp3) is 0.111. The molecule has 2 aromatic heterocycles. The predicted octanol–water partition coefficient (Wildman–Crippen LogP) is 1.94. The van der Waals surface area contributed by atoms with E-state index < -0.39 is 11.9 Å². The van der Waals surface area contributed by atoms with Gasteiger partial charge in [0.2, 0.25) is 11.1 Å². The summed E-state index contributed by atoms with van der Waals surface area (Å²) < 4.78 is 22.5. The van der Waals surface area contributed by atoms with Gasteiger partial charge in [-0.25, -0.2) is 4.98 Å². The SMILES string of the molecule is COc1nsc(NC(=O)c2c(I)ccnc2F)n1. The van der Waals surface area contributed by atoms with E-state index in [9.17, 15) is 9.18 Å². The highest BCUT2D eigenvalue weighted by molar-refractivity contribution is 14.1. The van der Waals surface area contributed by atoms with Crippen LogP contribution >= 0.6 is 34.1 Å². The molecule has 0 radical (unpaired) electrons. The molecule has 0 aromatic carbocycles. The molecule has 0 fully saturated rings. The Morgan fingerprint density at radius 2 is 2.39 bits per heavy atom. The standard InChI is InChI=1S/C9H6FIN4O2S/c1-17-8-14-9(18-15-8)13-7(16)5-4(11)2-3-12-6(5)10/h2-3H,1H3,(H,13,14,15,16). The first-order valence-electron chi connectivity index (χ1n) is 4.61. The number of pyridine rings is 1. The summed E-state index contributed by atoms with van der Waals surface area (Å²) in [5, 5.41) is 2.67. The lowest BCUT2D eigenvalue weighted by atomic mass is 10.2. The van der Waals surface area contributed by atoms with Crippen molar-refractivity contribution < 1.29 is 13.9 Å². The Kier molecular flexibility index (Phi) is 4.01. The normalized spacial score (nSPS) is 10.2. The van der Waals surface area contributed by atoms with Crippen molar-refractivity contribution in [2.24, 2.45) is 0 Å². The van der Waals surface area contributed by atoms with Crippen molar-refractivity contribution in [1.29, 1.82) is 0 Å². The number of anilines is 1. The molecule has 6 nitrogen and oxygen atoms in total. The van der Waals surface area contributed by atoms with Crippen LogP contribution in [0.5, 0.6) is 6.01 Å². The van der Waals surface area contributed by atoms with E-state index in [1.54, 1.807) is 6.07 Å². The summed E-state index contributed by atoms with van der Waals surface area (Å²) in [6.45, 7) is 0. The number of ether oxygens (including phenoxy) is 1. The van der Waals surface area contributed by atoms with Gasteiger partial charge < -0.3 is 4.74 Å². The van der Waals surface area contributed by atoms with Gasteiger partial charge in [0.1, 0.15) is 5.56 Å². The van der Waals surface area contributed by atoms with Crippen LogP contribution in [0.2, 0.25) is 0 Å². The van der Waals surface area contributed by atoms with Crippen LogP contribution in [0.3, 0.4) is 0 Å². The number of nitrogens with one attached hydrogen (secondary N) is 1. The highest BCUT2D eigenvalue weighted by Gasteiger charge is 2.18. The molecule has 2 heterocycles. The first-order valence-corrected chi connectivity index (χ1v) is 6.46. The topological polar surface area (TPSA) is 77.0 Å². The van der Waals surface area contributed by atoms with Gasteiger partial charge >= 0.3 is 6.01 Å². The minimum absolute atomic E-state index is 0.118. The minimum Gasteiger partial charge on any atom is -0.466 e. The fourth-order valence-electron chi connectivity index (χ4n) is 1.12. The molecule has 1 N–H and O–H groups in total. The van der Waals surface area contributed by atoms with Crippen LogP contribution in [-0.2, 0) is 0 Å². The number of methoxy groups -OCH3 is 1. The average Bonchev–Trinajstić information content (AvgIpc) is 2.76. The van der Waals surface area contributed by atoms with Crippen LogP contribution in [0.1, 0.15) is 10.4 Å². The van der Waals surface area contributed by atoms with Gasteiger partial charge in [-0.15, -0.1) is 4.37 Å². The third-order valence-electron chi connectivity index (χ3n) is 1.89. The molecule has 0 spiro atoms. The van der Waals surface area contributed by atoms with Crippen molar-refractivity contribution in [2.45, 2.75) is 0 Å². The number of aromatic nitrogens is 3. The van der Waals surface area contributed by atoms with Gasteiger partial charge in [-0.1, -0.05) is 0 Å².